The minimum atomic E-state index is -0.407. The molecule has 0 saturated carbocycles. The lowest BCUT2D eigenvalue weighted by Gasteiger charge is -2.23. The fraction of sp³-hybridized carbons (Fsp3) is 0.385. The zero-order valence-corrected chi connectivity index (χ0v) is 25.8. The first-order chi connectivity index (χ1) is 17.5. The van der Waals surface area contributed by atoms with E-state index in [0.29, 0.717) is 28.1 Å². The van der Waals surface area contributed by atoms with E-state index in [1.165, 1.54) is 17.8 Å². The number of anilines is 1. The number of thioether (sulfide) groups is 1. The van der Waals surface area contributed by atoms with E-state index in [0.717, 1.165) is 14.8 Å². The van der Waals surface area contributed by atoms with Gasteiger partial charge in [-0.1, -0.05) is 62.7 Å². The van der Waals surface area contributed by atoms with E-state index in [1.807, 2.05) is 37.5 Å². The Kier molecular flexibility index (Phi) is 10.7. The zero-order valence-electron chi connectivity index (χ0n) is 21.3. The van der Waals surface area contributed by atoms with Crippen molar-refractivity contribution in [3.8, 4) is 0 Å². The average molecular weight is 674 g/mol. The summed E-state index contributed by atoms with van der Waals surface area (Å²) in [4.78, 5) is 25.8. The van der Waals surface area contributed by atoms with E-state index in [2.05, 4.69) is 63.3 Å². The predicted octanol–water partition coefficient (Wildman–Crippen LogP) is 7.19. The molecule has 3 aromatic rings. The standard InChI is InChI=1S/C26H30Cl2IN5O2S/c1-6-34-24(23(15(4)5)31-25(36)18-9-7-16(27)11-20(18)28)32-33-26(34)37-13-22(35)30-21-10-8-17(29)12-19(21)14(2)3/h7-12,14-15,23H,6,13H2,1-5H3,(H,30,35)(H,31,36)/t23-/m1/s1. The van der Waals surface area contributed by atoms with Crippen LogP contribution in [0.2, 0.25) is 10.0 Å². The lowest BCUT2D eigenvalue weighted by atomic mass is 10.0. The maximum absolute atomic E-state index is 13.0. The fourth-order valence-corrected chi connectivity index (χ4v) is 5.62. The van der Waals surface area contributed by atoms with E-state index in [1.54, 1.807) is 12.1 Å². The molecule has 2 N–H and O–H groups in total. The second kappa shape index (κ2) is 13.3. The summed E-state index contributed by atoms with van der Waals surface area (Å²) < 4.78 is 3.05. The van der Waals surface area contributed by atoms with E-state index in [4.69, 9.17) is 23.2 Å². The van der Waals surface area contributed by atoms with Crippen LogP contribution in [0.4, 0.5) is 5.69 Å². The highest BCUT2D eigenvalue weighted by atomic mass is 127. The molecule has 0 aliphatic heterocycles. The Labute approximate surface area is 245 Å². The summed E-state index contributed by atoms with van der Waals surface area (Å²) in [5.41, 5.74) is 2.25. The van der Waals surface area contributed by atoms with Crippen molar-refractivity contribution < 1.29 is 9.59 Å². The predicted molar refractivity (Wildman–Crippen MR) is 160 cm³/mol. The number of carbonyl (C=O) groups is 2. The number of hydrogen-bond donors (Lipinski definition) is 2. The molecule has 0 aliphatic rings. The fourth-order valence-electron chi connectivity index (χ4n) is 3.80. The number of aromatic nitrogens is 3. The SMILES string of the molecule is CCn1c(SCC(=O)Nc2ccc(I)cc2C(C)C)nnc1[C@H](NC(=O)c1ccc(Cl)cc1Cl)C(C)C. The summed E-state index contributed by atoms with van der Waals surface area (Å²) >= 11 is 15.8. The molecule has 3 rings (SSSR count). The van der Waals surface area contributed by atoms with E-state index in [9.17, 15) is 9.59 Å². The largest absolute Gasteiger partial charge is 0.342 e. The molecule has 11 heteroatoms. The number of rotatable bonds is 10. The molecular weight excluding hydrogens is 644 g/mol. The summed E-state index contributed by atoms with van der Waals surface area (Å²) in [6, 6.07) is 10.4. The first-order valence-corrected chi connectivity index (χ1v) is 14.7. The van der Waals surface area contributed by atoms with Crippen LogP contribution in [0.15, 0.2) is 41.6 Å². The summed E-state index contributed by atoms with van der Waals surface area (Å²) in [6.07, 6.45) is 0. The maximum Gasteiger partial charge on any atom is 0.253 e. The molecule has 0 unspecified atom stereocenters. The highest BCUT2D eigenvalue weighted by Gasteiger charge is 2.27. The third-order valence-electron chi connectivity index (χ3n) is 5.71. The Bertz CT molecular complexity index is 1280. The van der Waals surface area contributed by atoms with Gasteiger partial charge in [0.25, 0.3) is 5.91 Å². The molecule has 0 radical (unpaired) electrons. The molecule has 2 amide bonds. The van der Waals surface area contributed by atoms with Gasteiger partial charge in [-0.25, -0.2) is 0 Å². The Morgan fingerprint density at radius 1 is 1.08 bits per heavy atom. The van der Waals surface area contributed by atoms with Crippen LogP contribution >= 0.6 is 57.6 Å². The van der Waals surface area contributed by atoms with Crippen molar-refractivity contribution in [3.63, 3.8) is 0 Å². The Hall–Kier alpha value is -1.82. The number of hydrogen-bond acceptors (Lipinski definition) is 5. The second-order valence-electron chi connectivity index (χ2n) is 9.13. The Morgan fingerprint density at radius 3 is 2.43 bits per heavy atom. The van der Waals surface area contributed by atoms with Crippen LogP contribution in [0.5, 0.6) is 0 Å². The van der Waals surface area contributed by atoms with Gasteiger partial charge in [-0.15, -0.1) is 10.2 Å². The van der Waals surface area contributed by atoms with Crippen LogP contribution in [0, 0.1) is 9.49 Å². The van der Waals surface area contributed by atoms with Gasteiger partial charge in [0, 0.05) is 20.8 Å². The number of nitrogens with zero attached hydrogens (tertiary/aromatic N) is 3. The lowest BCUT2D eigenvalue weighted by Crippen LogP contribution is -2.34. The minimum absolute atomic E-state index is 0.0287. The number of nitrogens with one attached hydrogen (secondary N) is 2. The molecule has 0 spiro atoms. The van der Waals surface area contributed by atoms with Gasteiger partial charge in [0.15, 0.2) is 11.0 Å². The van der Waals surface area contributed by atoms with Crippen LogP contribution < -0.4 is 10.6 Å². The molecule has 7 nitrogen and oxygen atoms in total. The quantitative estimate of drug-likeness (QED) is 0.176. The molecule has 0 fully saturated rings. The summed E-state index contributed by atoms with van der Waals surface area (Å²) in [7, 11) is 0. The van der Waals surface area contributed by atoms with E-state index in [-0.39, 0.29) is 34.4 Å². The van der Waals surface area contributed by atoms with Crippen molar-refractivity contribution in [2.24, 2.45) is 5.92 Å². The van der Waals surface area contributed by atoms with Crippen LogP contribution in [0.3, 0.4) is 0 Å². The summed E-state index contributed by atoms with van der Waals surface area (Å²) in [6.45, 7) is 10.8. The molecular formula is C26H30Cl2IN5O2S. The third-order valence-corrected chi connectivity index (χ3v) is 7.90. The molecule has 0 saturated heterocycles. The van der Waals surface area contributed by atoms with Crippen molar-refractivity contribution in [2.75, 3.05) is 11.1 Å². The van der Waals surface area contributed by atoms with Crippen molar-refractivity contribution in [2.45, 2.75) is 58.3 Å². The molecule has 198 valence electrons. The van der Waals surface area contributed by atoms with Gasteiger partial charge in [-0.3, -0.25) is 9.59 Å². The van der Waals surface area contributed by atoms with Gasteiger partial charge in [-0.2, -0.15) is 0 Å². The van der Waals surface area contributed by atoms with Crippen molar-refractivity contribution in [1.82, 2.24) is 20.1 Å². The van der Waals surface area contributed by atoms with E-state index < -0.39 is 6.04 Å². The number of amides is 2. The smallest absolute Gasteiger partial charge is 0.253 e. The number of halogens is 3. The molecule has 37 heavy (non-hydrogen) atoms. The molecule has 1 aromatic heterocycles. The monoisotopic (exact) mass is 673 g/mol. The Balaban J connectivity index is 1.74. The van der Waals surface area contributed by atoms with Gasteiger partial charge in [0.1, 0.15) is 0 Å². The zero-order chi connectivity index (χ0) is 27.3. The van der Waals surface area contributed by atoms with Crippen molar-refractivity contribution in [3.05, 3.63) is 67.0 Å². The van der Waals surface area contributed by atoms with Gasteiger partial charge in [-0.05, 0) is 83.3 Å². The second-order valence-corrected chi connectivity index (χ2v) is 12.2. The first kappa shape index (κ1) is 29.7. The van der Waals surface area contributed by atoms with Crippen LogP contribution in [-0.2, 0) is 11.3 Å². The van der Waals surface area contributed by atoms with Crippen LogP contribution in [0.1, 0.15) is 68.3 Å². The number of benzene rings is 2. The molecule has 1 heterocycles. The summed E-state index contributed by atoms with van der Waals surface area (Å²) in [5.74, 6) is 0.680. The molecule has 2 aromatic carbocycles. The van der Waals surface area contributed by atoms with Crippen molar-refractivity contribution >= 4 is 75.1 Å². The van der Waals surface area contributed by atoms with Gasteiger partial charge < -0.3 is 15.2 Å². The molecule has 0 bridgehead atoms. The first-order valence-electron chi connectivity index (χ1n) is 11.9. The van der Waals surface area contributed by atoms with Gasteiger partial charge >= 0.3 is 0 Å². The number of carbonyl (C=O) groups excluding carboxylic acids is 2. The normalized spacial score (nSPS) is 12.2. The van der Waals surface area contributed by atoms with Crippen LogP contribution in [0.25, 0.3) is 0 Å². The molecule has 1 atom stereocenters. The van der Waals surface area contributed by atoms with E-state index >= 15 is 0 Å². The Morgan fingerprint density at radius 2 is 1.81 bits per heavy atom. The van der Waals surface area contributed by atoms with Crippen LogP contribution in [-0.4, -0.2) is 32.3 Å². The summed E-state index contributed by atoms with van der Waals surface area (Å²) in [5, 5.41) is 16.1. The lowest BCUT2D eigenvalue weighted by molar-refractivity contribution is -0.113. The van der Waals surface area contributed by atoms with Gasteiger partial charge in [0.05, 0.1) is 22.4 Å². The third kappa shape index (κ3) is 7.61. The maximum atomic E-state index is 13.0. The highest BCUT2D eigenvalue weighted by Crippen LogP contribution is 2.29. The van der Waals surface area contributed by atoms with Crippen molar-refractivity contribution in [1.29, 1.82) is 0 Å². The highest BCUT2D eigenvalue weighted by molar-refractivity contribution is 14.1. The average Bonchev–Trinajstić information content (AvgIpc) is 3.24. The molecule has 0 aliphatic carbocycles. The topological polar surface area (TPSA) is 88.9 Å². The van der Waals surface area contributed by atoms with Gasteiger partial charge in [0.2, 0.25) is 5.91 Å². The minimum Gasteiger partial charge on any atom is -0.342 e.